The molecular weight excluding hydrogens is 92.1 g/mol. The number of hydrogen-bond acceptors (Lipinski definition) is 2. The minimum absolute atomic E-state index is 0.125. The molecule has 7 heavy (non-hydrogen) atoms. The molecule has 0 aliphatic carbocycles. The Labute approximate surface area is 42.4 Å². The van der Waals surface area contributed by atoms with Gasteiger partial charge in [-0.2, -0.15) is 0 Å². The van der Waals surface area contributed by atoms with Crippen LogP contribution in [-0.2, 0) is 9.47 Å². The number of fused-ring (bicyclic) bond motifs is 1. The summed E-state index contributed by atoms with van der Waals surface area (Å²) in [4.78, 5) is 0. The van der Waals surface area contributed by atoms with Gasteiger partial charge in [0.15, 0.2) is 6.29 Å². The lowest BCUT2D eigenvalue weighted by molar-refractivity contribution is -0.0611. The van der Waals surface area contributed by atoms with E-state index in [4.69, 9.17) is 9.47 Å². The largest absolute Gasteiger partial charge is 0.343 e. The van der Waals surface area contributed by atoms with Crippen molar-refractivity contribution < 1.29 is 9.47 Å². The third kappa shape index (κ3) is 0.254. The van der Waals surface area contributed by atoms with Crippen molar-refractivity contribution in [3.63, 3.8) is 0 Å². The van der Waals surface area contributed by atoms with Gasteiger partial charge in [0.2, 0.25) is 0 Å². The molecule has 0 saturated carbocycles. The van der Waals surface area contributed by atoms with Gasteiger partial charge < -0.3 is 9.47 Å². The van der Waals surface area contributed by atoms with E-state index in [-0.39, 0.29) is 11.9 Å². The zero-order chi connectivity index (χ0) is 5.07. The predicted octanol–water partition coefficient (Wildman–Crippen LogP) is 0.520. The Balaban J connectivity index is 2.17. The first-order valence-electron chi connectivity index (χ1n) is 2.57. The van der Waals surface area contributed by atoms with Gasteiger partial charge in [-0.05, 0) is 13.8 Å². The smallest absolute Gasteiger partial charge is 0.190 e. The molecule has 0 aromatic carbocycles. The summed E-state index contributed by atoms with van der Waals surface area (Å²) in [6.07, 6.45) is 0.486. The minimum Gasteiger partial charge on any atom is -0.343 e. The van der Waals surface area contributed by atoms with Crippen LogP contribution in [0.3, 0.4) is 0 Å². The van der Waals surface area contributed by atoms with Crippen molar-refractivity contribution in [3.8, 4) is 0 Å². The van der Waals surface area contributed by atoms with Gasteiger partial charge in [0, 0.05) is 0 Å². The van der Waals surface area contributed by atoms with E-state index in [1.54, 1.807) is 0 Å². The van der Waals surface area contributed by atoms with Gasteiger partial charge in [-0.15, -0.1) is 0 Å². The van der Waals surface area contributed by atoms with Crippen molar-refractivity contribution in [2.24, 2.45) is 0 Å². The molecule has 2 aliphatic rings. The summed E-state index contributed by atoms with van der Waals surface area (Å²) in [5.41, 5.74) is 0.125. The first-order chi connectivity index (χ1) is 3.23. The summed E-state index contributed by atoms with van der Waals surface area (Å²) in [5, 5.41) is 0. The van der Waals surface area contributed by atoms with E-state index >= 15 is 0 Å². The number of epoxide rings is 1. The van der Waals surface area contributed by atoms with Crippen molar-refractivity contribution in [1.29, 1.82) is 0 Å². The molecule has 0 spiro atoms. The van der Waals surface area contributed by atoms with Crippen molar-refractivity contribution in [2.75, 3.05) is 0 Å². The van der Waals surface area contributed by atoms with Crippen molar-refractivity contribution in [2.45, 2.75) is 31.8 Å². The average Bonchev–Trinajstić information content (AvgIpc) is 2.13. The van der Waals surface area contributed by atoms with Crippen LogP contribution in [0.25, 0.3) is 0 Å². The zero-order valence-corrected chi connectivity index (χ0v) is 4.47. The maximum Gasteiger partial charge on any atom is 0.190 e. The highest BCUT2D eigenvalue weighted by molar-refractivity contribution is 5.06. The molecule has 2 aliphatic heterocycles. The average molecular weight is 100 g/mol. The molecule has 0 aromatic heterocycles. The molecule has 3 atom stereocenters. The molecule has 2 rings (SSSR count). The second kappa shape index (κ2) is 0.740. The summed E-state index contributed by atoms with van der Waals surface area (Å²) in [6, 6.07) is 0. The summed E-state index contributed by atoms with van der Waals surface area (Å²) in [7, 11) is 0. The fraction of sp³-hybridized carbons (Fsp3) is 1.00. The zero-order valence-electron chi connectivity index (χ0n) is 4.47. The highest BCUT2D eigenvalue weighted by atomic mass is 16.8. The van der Waals surface area contributed by atoms with E-state index in [1.165, 1.54) is 0 Å². The maximum absolute atomic E-state index is 5.11. The van der Waals surface area contributed by atoms with Crippen molar-refractivity contribution >= 4 is 0 Å². The Morgan fingerprint density at radius 1 is 1.57 bits per heavy atom. The third-order valence-corrected chi connectivity index (χ3v) is 1.91. The van der Waals surface area contributed by atoms with Gasteiger partial charge in [-0.3, -0.25) is 0 Å². The molecular formula is C5H8O2. The first kappa shape index (κ1) is 3.87. The number of ether oxygens (including phenoxy) is 2. The molecule has 2 saturated heterocycles. The second-order valence-electron chi connectivity index (χ2n) is 2.41. The lowest BCUT2D eigenvalue weighted by atomic mass is 10.0. The minimum atomic E-state index is 0.125. The highest BCUT2D eigenvalue weighted by Gasteiger charge is 2.68. The normalized spacial score (nSPS) is 66.0. The second-order valence-corrected chi connectivity index (χ2v) is 2.41. The Morgan fingerprint density at radius 2 is 2.29 bits per heavy atom. The molecule has 0 amide bonds. The number of hydrogen-bond donors (Lipinski definition) is 0. The van der Waals surface area contributed by atoms with Gasteiger partial charge in [0.1, 0.15) is 5.60 Å². The van der Waals surface area contributed by atoms with Crippen molar-refractivity contribution in [1.82, 2.24) is 0 Å². The van der Waals surface area contributed by atoms with Gasteiger partial charge in [-0.1, -0.05) is 0 Å². The summed E-state index contributed by atoms with van der Waals surface area (Å²) in [6.45, 7) is 4.11. The summed E-state index contributed by atoms with van der Waals surface area (Å²) >= 11 is 0. The molecule has 0 aromatic rings. The lowest BCUT2D eigenvalue weighted by Gasteiger charge is -2.23. The van der Waals surface area contributed by atoms with Crippen LogP contribution in [0.1, 0.15) is 13.8 Å². The van der Waals surface area contributed by atoms with Crippen molar-refractivity contribution in [3.05, 3.63) is 0 Å². The van der Waals surface area contributed by atoms with E-state index in [1.807, 2.05) is 6.92 Å². The van der Waals surface area contributed by atoms with Gasteiger partial charge in [-0.25, -0.2) is 0 Å². The quantitative estimate of drug-likeness (QED) is 0.414. The molecule has 0 bridgehead atoms. The molecule has 2 nitrogen and oxygen atoms in total. The van der Waals surface area contributed by atoms with Crippen LogP contribution in [0.4, 0.5) is 0 Å². The predicted molar refractivity (Wildman–Crippen MR) is 23.8 cm³/mol. The van der Waals surface area contributed by atoms with Gasteiger partial charge in [0.05, 0.1) is 6.10 Å². The molecule has 2 fully saturated rings. The van der Waals surface area contributed by atoms with Crippen LogP contribution in [0.15, 0.2) is 0 Å². The molecule has 2 heteroatoms. The maximum atomic E-state index is 5.11. The summed E-state index contributed by atoms with van der Waals surface area (Å²) < 4.78 is 10.2. The summed E-state index contributed by atoms with van der Waals surface area (Å²) in [5.74, 6) is 0. The Morgan fingerprint density at radius 3 is 2.29 bits per heavy atom. The third-order valence-electron chi connectivity index (χ3n) is 1.91. The van der Waals surface area contributed by atoms with Crippen LogP contribution in [0.2, 0.25) is 0 Å². The monoisotopic (exact) mass is 100 g/mol. The Hall–Kier alpha value is -0.0800. The van der Waals surface area contributed by atoms with Crippen LogP contribution in [-0.4, -0.2) is 18.0 Å². The topological polar surface area (TPSA) is 21.8 Å². The van der Waals surface area contributed by atoms with E-state index in [2.05, 4.69) is 6.92 Å². The fourth-order valence-corrected chi connectivity index (χ4v) is 0.895. The molecule has 3 unspecified atom stereocenters. The molecule has 0 radical (unpaired) electrons. The van der Waals surface area contributed by atoms with E-state index < -0.39 is 0 Å². The standard InChI is InChI=1S/C5H8O2/c1-3-5(2)4(6-3)7-5/h3-4H,1-2H3. The van der Waals surface area contributed by atoms with E-state index in [9.17, 15) is 0 Å². The first-order valence-corrected chi connectivity index (χ1v) is 2.57. The lowest BCUT2D eigenvalue weighted by Crippen LogP contribution is -2.40. The van der Waals surface area contributed by atoms with Crippen LogP contribution < -0.4 is 0 Å². The van der Waals surface area contributed by atoms with E-state index in [0.717, 1.165) is 0 Å². The van der Waals surface area contributed by atoms with E-state index in [0.29, 0.717) is 6.10 Å². The fourth-order valence-electron chi connectivity index (χ4n) is 0.895. The van der Waals surface area contributed by atoms with Crippen LogP contribution >= 0.6 is 0 Å². The number of rotatable bonds is 0. The van der Waals surface area contributed by atoms with Gasteiger partial charge in [0.25, 0.3) is 0 Å². The Kier molecular flexibility index (Phi) is 0.408. The SMILES string of the molecule is CC1OC2OC12C. The highest BCUT2D eigenvalue weighted by Crippen LogP contribution is 2.51. The molecule has 0 N–H and O–H groups in total. The van der Waals surface area contributed by atoms with Gasteiger partial charge >= 0.3 is 0 Å². The molecule has 2 heterocycles. The molecule has 40 valence electrons. The Bertz CT molecular complexity index is 111. The van der Waals surface area contributed by atoms with Crippen LogP contribution in [0, 0.1) is 0 Å². The van der Waals surface area contributed by atoms with Crippen LogP contribution in [0.5, 0.6) is 0 Å².